The lowest BCUT2D eigenvalue weighted by molar-refractivity contribution is -0.130. The fourth-order valence-corrected chi connectivity index (χ4v) is 3.59. The van der Waals surface area contributed by atoms with Gasteiger partial charge in [0, 0.05) is 24.7 Å². The average molecular weight is 330 g/mol. The number of benzene rings is 1. The van der Waals surface area contributed by atoms with Gasteiger partial charge in [-0.1, -0.05) is 19.3 Å². The Morgan fingerprint density at radius 2 is 1.75 bits per heavy atom. The second kappa shape index (κ2) is 7.03. The number of likely N-dealkylation sites (tertiary alicyclic amines) is 1. The van der Waals surface area contributed by atoms with Gasteiger partial charge in [0.2, 0.25) is 11.8 Å². The number of nitrogens with one attached hydrogen (secondary N) is 1. The van der Waals surface area contributed by atoms with Crippen molar-refractivity contribution in [2.24, 2.45) is 5.92 Å². The van der Waals surface area contributed by atoms with Crippen LogP contribution < -0.4 is 5.32 Å². The molecule has 0 aromatic heterocycles. The molecule has 6 heteroatoms. The highest BCUT2D eigenvalue weighted by molar-refractivity contribution is 5.97. The van der Waals surface area contributed by atoms with Gasteiger partial charge in [-0.25, -0.2) is 4.79 Å². The van der Waals surface area contributed by atoms with Crippen molar-refractivity contribution in [3.8, 4) is 0 Å². The van der Waals surface area contributed by atoms with E-state index in [0.717, 1.165) is 25.7 Å². The van der Waals surface area contributed by atoms with Gasteiger partial charge in [-0.05, 0) is 37.1 Å². The van der Waals surface area contributed by atoms with Gasteiger partial charge in [-0.3, -0.25) is 9.59 Å². The summed E-state index contributed by atoms with van der Waals surface area (Å²) in [5.74, 6) is -1.44. The minimum absolute atomic E-state index is 0.0725. The fourth-order valence-electron chi connectivity index (χ4n) is 3.59. The number of carboxylic acids is 1. The number of rotatable bonds is 4. The molecule has 1 aliphatic heterocycles. The molecule has 24 heavy (non-hydrogen) atoms. The number of carbonyl (C=O) groups excluding carboxylic acids is 2. The largest absolute Gasteiger partial charge is 0.478 e. The molecule has 2 fully saturated rings. The van der Waals surface area contributed by atoms with E-state index in [-0.39, 0.29) is 29.7 Å². The molecule has 0 bridgehead atoms. The SMILES string of the molecule is O=C(O)c1ccc(NC(=O)[C@H]2CC(=O)N(C3CCCCC3)C2)cc1. The monoisotopic (exact) mass is 330 g/mol. The standard InChI is InChI=1S/C18H22N2O4/c21-16-10-13(11-20(16)15-4-2-1-3-5-15)17(22)19-14-8-6-12(7-9-14)18(23)24/h6-9,13,15H,1-5,10-11H2,(H,19,22)(H,23,24)/t13-/m0/s1. The van der Waals surface area contributed by atoms with Crippen LogP contribution in [0.1, 0.15) is 48.9 Å². The Balaban J connectivity index is 1.59. The molecule has 2 aliphatic rings. The summed E-state index contributed by atoms with van der Waals surface area (Å²) < 4.78 is 0. The van der Waals surface area contributed by atoms with E-state index in [1.54, 1.807) is 12.1 Å². The Bertz CT molecular complexity index is 635. The number of amides is 2. The summed E-state index contributed by atoms with van der Waals surface area (Å²) in [5, 5.41) is 11.7. The topological polar surface area (TPSA) is 86.7 Å². The Labute approximate surface area is 140 Å². The van der Waals surface area contributed by atoms with Crippen LogP contribution in [0.4, 0.5) is 5.69 Å². The van der Waals surface area contributed by atoms with Gasteiger partial charge in [-0.2, -0.15) is 0 Å². The summed E-state index contributed by atoms with van der Waals surface area (Å²) in [6.45, 7) is 0.489. The third-order valence-corrected chi connectivity index (χ3v) is 4.94. The molecule has 128 valence electrons. The van der Waals surface area contributed by atoms with Crippen LogP contribution in [0.3, 0.4) is 0 Å². The van der Waals surface area contributed by atoms with E-state index in [0.29, 0.717) is 18.3 Å². The molecule has 0 unspecified atom stereocenters. The number of carboxylic acid groups (broad SMARTS) is 1. The van der Waals surface area contributed by atoms with Gasteiger partial charge < -0.3 is 15.3 Å². The zero-order valence-corrected chi connectivity index (χ0v) is 13.5. The van der Waals surface area contributed by atoms with Gasteiger partial charge in [0.1, 0.15) is 0 Å². The predicted molar refractivity (Wildman–Crippen MR) is 88.7 cm³/mol. The zero-order valence-electron chi connectivity index (χ0n) is 13.5. The van der Waals surface area contributed by atoms with Crippen molar-refractivity contribution >= 4 is 23.5 Å². The van der Waals surface area contributed by atoms with Crippen molar-refractivity contribution < 1.29 is 19.5 Å². The highest BCUT2D eigenvalue weighted by atomic mass is 16.4. The van der Waals surface area contributed by atoms with E-state index in [1.807, 2.05) is 4.90 Å². The lowest BCUT2D eigenvalue weighted by Gasteiger charge is -2.31. The van der Waals surface area contributed by atoms with Crippen LogP contribution in [0.2, 0.25) is 0 Å². The van der Waals surface area contributed by atoms with Gasteiger partial charge >= 0.3 is 5.97 Å². The summed E-state index contributed by atoms with van der Waals surface area (Å²) in [6.07, 6.45) is 5.88. The molecule has 1 aromatic rings. The highest BCUT2D eigenvalue weighted by Crippen LogP contribution is 2.29. The summed E-state index contributed by atoms with van der Waals surface area (Å²) in [6, 6.07) is 6.32. The van der Waals surface area contributed by atoms with Crippen molar-refractivity contribution in [1.29, 1.82) is 0 Å². The third-order valence-electron chi connectivity index (χ3n) is 4.94. The molecule has 2 N–H and O–H groups in total. The Morgan fingerprint density at radius 3 is 2.38 bits per heavy atom. The minimum Gasteiger partial charge on any atom is -0.478 e. The van der Waals surface area contributed by atoms with Gasteiger partial charge in [0.05, 0.1) is 11.5 Å². The Hall–Kier alpha value is -2.37. The highest BCUT2D eigenvalue weighted by Gasteiger charge is 2.38. The first-order valence-corrected chi connectivity index (χ1v) is 8.48. The summed E-state index contributed by atoms with van der Waals surface area (Å²) in [7, 11) is 0. The number of nitrogens with zero attached hydrogens (tertiary/aromatic N) is 1. The van der Waals surface area contributed by atoms with E-state index in [2.05, 4.69) is 5.32 Å². The summed E-state index contributed by atoms with van der Waals surface area (Å²) >= 11 is 0. The van der Waals surface area contributed by atoms with Crippen LogP contribution >= 0.6 is 0 Å². The first kappa shape index (κ1) is 16.5. The fraction of sp³-hybridized carbons (Fsp3) is 0.500. The van der Waals surface area contributed by atoms with E-state index < -0.39 is 5.97 Å². The minimum atomic E-state index is -1.00. The van der Waals surface area contributed by atoms with Gasteiger partial charge in [-0.15, -0.1) is 0 Å². The lowest BCUT2D eigenvalue weighted by atomic mass is 9.94. The summed E-state index contributed by atoms with van der Waals surface area (Å²) in [4.78, 5) is 37.4. The molecule has 1 heterocycles. The number of hydrogen-bond donors (Lipinski definition) is 2. The van der Waals surface area contributed by atoms with Crippen LogP contribution in [0.25, 0.3) is 0 Å². The number of carbonyl (C=O) groups is 3. The maximum absolute atomic E-state index is 12.4. The molecular weight excluding hydrogens is 308 g/mol. The number of hydrogen-bond acceptors (Lipinski definition) is 3. The maximum atomic E-state index is 12.4. The van der Waals surface area contributed by atoms with Crippen LogP contribution in [0.15, 0.2) is 24.3 Å². The molecule has 0 radical (unpaired) electrons. The van der Waals surface area contributed by atoms with Crippen LogP contribution in [-0.2, 0) is 9.59 Å². The van der Waals surface area contributed by atoms with Crippen molar-refractivity contribution in [3.05, 3.63) is 29.8 Å². The number of anilines is 1. The molecule has 1 aliphatic carbocycles. The molecule has 1 saturated heterocycles. The van der Waals surface area contributed by atoms with Crippen molar-refractivity contribution in [2.75, 3.05) is 11.9 Å². The second-order valence-corrected chi connectivity index (χ2v) is 6.61. The smallest absolute Gasteiger partial charge is 0.335 e. The first-order chi connectivity index (χ1) is 11.5. The molecule has 6 nitrogen and oxygen atoms in total. The zero-order chi connectivity index (χ0) is 17.1. The summed E-state index contributed by atoms with van der Waals surface area (Å²) in [5.41, 5.74) is 0.723. The van der Waals surface area contributed by atoms with Crippen LogP contribution in [-0.4, -0.2) is 40.4 Å². The van der Waals surface area contributed by atoms with E-state index in [9.17, 15) is 14.4 Å². The molecular formula is C18H22N2O4. The Morgan fingerprint density at radius 1 is 1.08 bits per heavy atom. The number of aromatic carboxylic acids is 1. The van der Waals surface area contributed by atoms with Gasteiger partial charge in [0.25, 0.3) is 0 Å². The van der Waals surface area contributed by atoms with E-state index in [1.165, 1.54) is 18.6 Å². The lowest BCUT2D eigenvalue weighted by Crippen LogP contribution is -2.38. The van der Waals surface area contributed by atoms with Crippen LogP contribution in [0, 0.1) is 5.92 Å². The van der Waals surface area contributed by atoms with Gasteiger partial charge in [0.15, 0.2) is 0 Å². The molecule has 0 spiro atoms. The third kappa shape index (κ3) is 3.58. The molecule has 2 amide bonds. The van der Waals surface area contributed by atoms with Crippen molar-refractivity contribution in [2.45, 2.75) is 44.6 Å². The van der Waals surface area contributed by atoms with Crippen LogP contribution in [0.5, 0.6) is 0 Å². The van der Waals surface area contributed by atoms with Crippen molar-refractivity contribution in [1.82, 2.24) is 4.90 Å². The predicted octanol–water partition coefficient (Wildman–Crippen LogP) is 2.50. The Kier molecular flexibility index (Phi) is 4.83. The molecule has 3 rings (SSSR count). The van der Waals surface area contributed by atoms with Crippen molar-refractivity contribution in [3.63, 3.8) is 0 Å². The quantitative estimate of drug-likeness (QED) is 0.888. The molecule has 1 atom stereocenters. The molecule has 1 aromatic carbocycles. The normalized spacial score (nSPS) is 21.8. The second-order valence-electron chi connectivity index (χ2n) is 6.61. The first-order valence-electron chi connectivity index (χ1n) is 8.48. The van der Waals surface area contributed by atoms with E-state index in [4.69, 9.17) is 5.11 Å². The van der Waals surface area contributed by atoms with E-state index >= 15 is 0 Å². The molecule has 1 saturated carbocycles. The average Bonchev–Trinajstić information content (AvgIpc) is 2.98. The maximum Gasteiger partial charge on any atom is 0.335 e.